The fraction of sp³-hybridized carbons (Fsp3) is 0.450. The van der Waals surface area contributed by atoms with E-state index in [1.54, 1.807) is 4.68 Å². The van der Waals surface area contributed by atoms with Gasteiger partial charge in [-0.15, -0.1) is 0 Å². The Hall–Kier alpha value is -2.87. The van der Waals surface area contributed by atoms with Crippen LogP contribution in [0.5, 0.6) is 0 Å². The molecule has 3 atom stereocenters. The lowest BCUT2D eigenvalue weighted by Gasteiger charge is -2.34. The van der Waals surface area contributed by atoms with E-state index in [9.17, 15) is 9.59 Å². The van der Waals surface area contributed by atoms with E-state index in [1.165, 1.54) is 0 Å². The summed E-state index contributed by atoms with van der Waals surface area (Å²) in [7, 11) is 0. The van der Waals surface area contributed by atoms with Crippen molar-refractivity contribution in [3.63, 3.8) is 0 Å². The molecule has 3 amide bonds. The Kier molecular flexibility index (Phi) is 5.29. The number of amides is 3. The van der Waals surface area contributed by atoms with Crippen molar-refractivity contribution < 1.29 is 9.59 Å². The van der Waals surface area contributed by atoms with E-state index >= 15 is 0 Å². The zero-order valence-corrected chi connectivity index (χ0v) is 15.9. The van der Waals surface area contributed by atoms with Crippen molar-refractivity contribution >= 4 is 17.8 Å². The largest absolute Gasteiger partial charge is 0.338 e. The van der Waals surface area contributed by atoms with Crippen molar-refractivity contribution in [3.8, 4) is 11.3 Å². The minimum absolute atomic E-state index is 0.0182. The lowest BCUT2D eigenvalue weighted by atomic mass is 10.0. The minimum atomic E-state index is -0.495. The first kappa shape index (κ1) is 18.5. The van der Waals surface area contributed by atoms with Crippen LogP contribution in [0.25, 0.3) is 11.3 Å². The third-order valence-electron chi connectivity index (χ3n) is 5.33. The number of urea groups is 1. The Morgan fingerprint density at radius 3 is 2.89 bits per heavy atom. The molecule has 2 fully saturated rings. The van der Waals surface area contributed by atoms with Gasteiger partial charge in [-0.25, -0.2) is 9.48 Å². The molecule has 4 N–H and O–H groups in total. The maximum atomic E-state index is 12.5. The molecule has 0 spiro atoms. The number of aromatic nitrogens is 2. The maximum absolute atomic E-state index is 12.5. The summed E-state index contributed by atoms with van der Waals surface area (Å²) in [4.78, 5) is 24.7. The lowest BCUT2D eigenvalue weighted by molar-refractivity contribution is -0.130. The summed E-state index contributed by atoms with van der Waals surface area (Å²) in [5.41, 5.74) is 1.68. The monoisotopic (exact) mass is 382 g/mol. The standard InChI is InChI=1S/C20H26N6O2/c1-2-11-21-20(28)23-17-12-16(13-7-4-3-5-8-13)25-26(17)19-22-15-10-6-9-14(15)18(27)24-19/h3-5,7-8,12,14-15,19,22H,2,6,9-11H2,1H3,(H,24,27)(H2,21,23,28). The van der Waals surface area contributed by atoms with E-state index in [0.717, 1.165) is 36.9 Å². The maximum Gasteiger partial charge on any atom is 0.320 e. The van der Waals surface area contributed by atoms with E-state index < -0.39 is 6.29 Å². The molecule has 0 bridgehead atoms. The molecule has 2 aliphatic rings. The fourth-order valence-electron chi connectivity index (χ4n) is 3.92. The van der Waals surface area contributed by atoms with Crippen LogP contribution in [0.3, 0.4) is 0 Å². The van der Waals surface area contributed by atoms with Crippen LogP contribution in [0.4, 0.5) is 10.6 Å². The van der Waals surface area contributed by atoms with Crippen LogP contribution in [0, 0.1) is 5.92 Å². The summed E-state index contributed by atoms with van der Waals surface area (Å²) >= 11 is 0. The molecule has 1 saturated heterocycles. The summed E-state index contributed by atoms with van der Waals surface area (Å²) in [5.74, 6) is 0.593. The molecule has 8 nitrogen and oxygen atoms in total. The number of benzene rings is 1. The number of fused-ring (bicyclic) bond motifs is 1. The molecule has 1 aromatic heterocycles. The van der Waals surface area contributed by atoms with Gasteiger partial charge >= 0.3 is 6.03 Å². The third kappa shape index (κ3) is 3.73. The number of hydrogen-bond acceptors (Lipinski definition) is 4. The molecule has 0 radical (unpaired) electrons. The van der Waals surface area contributed by atoms with Crippen molar-refractivity contribution in [2.75, 3.05) is 11.9 Å². The van der Waals surface area contributed by atoms with Crippen LogP contribution >= 0.6 is 0 Å². The highest BCUT2D eigenvalue weighted by Crippen LogP contribution is 2.31. The molecule has 3 unspecified atom stereocenters. The molecule has 1 aliphatic carbocycles. The molecule has 2 aromatic rings. The second-order valence-electron chi connectivity index (χ2n) is 7.33. The van der Waals surface area contributed by atoms with Crippen LogP contribution in [-0.4, -0.2) is 34.3 Å². The number of rotatable bonds is 5. The fourth-order valence-corrected chi connectivity index (χ4v) is 3.92. The SMILES string of the molecule is CCCNC(=O)Nc1cc(-c2ccccc2)nn1C1NC(=O)C2CCCC2N1. The first-order valence-electron chi connectivity index (χ1n) is 9.92. The summed E-state index contributed by atoms with van der Waals surface area (Å²) in [5, 5.41) is 16.8. The van der Waals surface area contributed by atoms with Gasteiger partial charge in [0.1, 0.15) is 5.82 Å². The van der Waals surface area contributed by atoms with Gasteiger partial charge in [0.25, 0.3) is 0 Å². The summed E-state index contributed by atoms with van der Waals surface area (Å²) in [6, 6.07) is 11.4. The minimum Gasteiger partial charge on any atom is -0.338 e. The van der Waals surface area contributed by atoms with Crippen molar-refractivity contribution in [2.45, 2.75) is 44.9 Å². The molecule has 1 aromatic carbocycles. The van der Waals surface area contributed by atoms with Crippen molar-refractivity contribution in [1.29, 1.82) is 0 Å². The van der Waals surface area contributed by atoms with Gasteiger partial charge in [-0.1, -0.05) is 43.7 Å². The predicted molar refractivity (Wildman–Crippen MR) is 106 cm³/mol. The highest BCUT2D eigenvalue weighted by molar-refractivity contribution is 5.89. The van der Waals surface area contributed by atoms with E-state index in [4.69, 9.17) is 0 Å². The lowest BCUT2D eigenvalue weighted by Crippen LogP contribution is -2.57. The van der Waals surface area contributed by atoms with Gasteiger partial charge in [-0.3, -0.25) is 15.4 Å². The Morgan fingerprint density at radius 1 is 1.29 bits per heavy atom. The van der Waals surface area contributed by atoms with Gasteiger partial charge < -0.3 is 10.6 Å². The van der Waals surface area contributed by atoms with Crippen LogP contribution < -0.4 is 21.3 Å². The van der Waals surface area contributed by atoms with Crippen molar-refractivity contribution in [3.05, 3.63) is 36.4 Å². The molecular weight excluding hydrogens is 356 g/mol. The molecule has 1 saturated carbocycles. The third-order valence-corrected chi connectivity index (χ3v) is 5.33. The number of hydrogen-bond donors (Lipinski definition) is 4. The zero-order valence-electron chi connectivity index (χ0n) is 15.9. The smallest absolute Gasteiger partial charge is 0.320 e. The van der Waals surface area contributed by atoms with Gasteiger partial charge in [-0.05, 0) is 19.3 Å². The first-order chi connectivity index (χ1) is 13.7. The normalized spacial score (nSPS) is 23.8. The average Bonchev–Trinajstić information content (AvgIpc) is 3.34. The Morgan fingerprint density at radius 2 is 2.11 bits per heavy atom. The zero-order chi connectivity index (χ0) is 19.5. The molecule has 2 heterocycles. The Labute approximate surface area is 164 Å². The van der Waals surface area contributed by atoms with Crippen LogP contribution in [-0.2, 0) is 4.79 Å². The van der Waals surface area contributed by atoms with Gasteiger partial charge in [0.2, 0.25) is 5.91 Å². The molecular formula is C20H26N6O2. The van der Waals surface area contributed by atoms with Crippen molar-refractivity contribution in [1.82, 2.24) is 25.7 Å². The van der Waals surface area contributed by atoms with E-state index in [2.05, 4.69) is 26.4 Å². The van der Waals surface area contributed by atoms with Gasteiger partial charge in [0.05, 0.1) is 11.6 Å². The number of nitrogens with one attached hydrogen (secondary N) is 4. The highest BCUT2D eigenvalue weighted by Gasteiger charge is 2.40. The van der Waals surface area contributed by atoms with Crippen molar-refractivity contribution in [2.24, 2.45) is 5.92 Å². The van der Waals surface area contributed by atoms with E-state index in [1.807, 2.05) is 43.3 Å². The number of carbonyl (C=O) groups is 2. The molecule has 4 rings (SSSR count). The molecule has 1 aliphatic heterocycles. The molecule has 148 valence electrons. The highest BCUT2D eigenvalue weighted by atomic mass is 16.2. The summed E-state index contributed by atoms with van der Waals surface area (Å²) in [6.45, 7) is 2.59. The molecule has 8 heteroatoms. The van der Waals surface area contributed by atoms with E-state index in [-0.39, 0.29) is 23.9 Å². The van der Waals surface area contributed by atoms with Crippen LogP contribution in [0.1, 0.15) is 38.9 Å². The van der Waals surface area contributed by atoms with Gasteiger partial charge in [0.15, 0.2) is 6.29 Å². The summed E-state index contributed by atoms with van der Waals surface area (Å²) in [6.07, 6.45) is 3.29. The summed E-state index contributed by atoms with van der Waals surface area (Å²) < 4.78 is 1.65. The number of nitrogens with zero attached hydrogens (tertiary/aromatic N) is 2. The molecule has 28 heavy (non-hydrogen) atoms. The Bertz CT molecular complexity index is 850. The predicted octanol–water partition coefficient (Wildman–Crippen LogP) is 2.43. The van der Waals surface area contributed by atoms with Crippen LogP contribution in [0.15, 0.2) is 36.4 Å². The Balaban J connectivity index is 1.63. The van der Waals surface area contributed by atoms with Gasteiger partial charge in [0, 0.05) is 24.2 Å². The average molecular weight is 382 g/mol. The van der Waals surface area contributed by atoms with E-state index in [0.29, 0.717) is 12.4 Å². The topological polar surface area (TPSA) is 100 Å². The first-order valence-corrected chi connectivity index (χ1v) is 9.92. The number of carbonyl (C=O) groups excluding carboxylic acids is 2. The second-order valence-corrected chi connectivity index (χ2v) is 7.33. The number of anilines is 1. The second kappa shape index (κ2) is 8.02. The van der Waals surface area contributed by atoms with Gasteiger partial charge in [-0.2, -0.15) is 5.10 Å². The van der Waals surface area contributed by atoms with Crippen LogP contribution in [0.2, 0.25) is 0 Å². The quantitative estimate of drug-likeness (QED) is 0.638.